The van der Waals surface area contributed by atoms with Crippen LogP contribution in [0.2, 0.25) is 0 Å². The van der Waals surface area contributed by atoms with Gasteiger partial charge in [-0.25, -0.2) is 4.79 Å². The van der Waals surface area contributed by atoms with Crippen LogP contribution in [0.15, 0.2) is 102 Å². The first kappa shape index (κ1) is 52.5. The lowest BCUT2D eigenvalue weighted by Gasteiger charge is -2.30. The summed E-state index contributed by atoms with van der Waals surface area (Å²) in [7, 11) is 3.38. The molecule has 0 unspecified atom stereocenters. The molecule has 15 nitrogen and oxygen atoms in total. The van der Waals surface area contributed by atoms with Gasteiger partial charge in [-0.3, -0.25) is 24.8 Å². The van der Waals surface area contributed by atoms with Gasteiger partial charge < -0.3 is 41.0 Å². The van der Waals surface area contributed by atoms with Gasteiger partial charge >= 0.3 is 11.9 Å². The zero-order valence-electron chi connectivity index (χ0n) is 34.6. The number of carbonyl (C=O) groups excluding carboxylic acids is 4. The molecule has 0 aliphatic heterocycles. The molecule has 1 aromatic heterocycles. The fourth-order valence-electron chi connectivity index (χ4n) is 4.09. The number of aliphatic hydroxyl groups is 1. The van der Waals surface area contributed by atoms with Gasteiger partial charge in [-0.1, -0.05) is 93.7 Å². The van der Waals surface area contributed by atoms with Crippen molar-refractivity contribution in [2.24, 2.45) is 21.9 Å². The zero-order valence-corrected chi connectivity index (χ0v) is 35.4. The molecule has 0 spiro atoms. The van der Waals surface area contributed by atoms with Crippen LogP contribution in [0.3, 0.4) is 0 Å². The van der Waals surface area contributed by atoms with Gasteiger partial charge in [0.2, 0.25) is 11.9 Å². The molecule has 0 saturated heterocycles. The molecule has 8 N–H and O–H groups in total. The number of allylic oxidation sites excluding steroid dienone is 11. The van der Waals surface area contributed by atoms with Crippen molar-refractivity contribution in [3.05, 3.63) is 103 Å². The van der Waals surface area contributed by atoms with Crippen LogP contribution < -0.4 is 22.1 Å². The molecule has 0 aliphatic carbocycles. The summed E-state index contributed by atoms with van der Waals surface area (Å²) in [6.07, 6.45) is 32.4. The Morgan fingerprint density at radius 2 is 1.47 bits per heavy atom. The lowest BCUT2D eigenvalue weighted by Crippen LogP contribution is -2.48. The highest BCUT2D eigenvalue weighted by Crippen LogP contribution is 2.24. The van der Waals surface area contributed by atoms with Crippen molar-refractivity contribution in [2.75, 3.05) is 39.5 Å². The maximum absolute atomic E-state index is 12.8. The maximum atomic E-state index is 12.8. The summed E-state index contributed by atoms with van der Waals surface area (Å²) in [4.78, 5) is 58.1. The fraction of sp³-hybridized carbons (Fsp3) is 0.452. The summed E-state index contributed by atoms with van der Waals surface area (Å²) < 4.78 is 10.5. The molecular formula is C42H64N8O7S. The van der Waals surface area contributed by atoms with Crippen LogP contribution in [0, 0.1) is 10.8 Å². The summed E-state index contributed by atoms with van der Waals surface area (Å²) in [6.45, 7) is 5.18. The largest absolute Gasteiger partial charge is 0.448 e. The molecule has 1 heterocycles. The maximum Gasteiger partial charge on any atom is 0.340 e. The van der Waals surface area contributed by atoms with Gasteiger partial charge in [0.25, 0.3) is 5.91 Å². The van der Waals surface area contributed by atoms with E-state index in [4.69, 9.17) is 25.8 Å². The number of nitrogens with one attached hydrogen (secondary N) is 3. The number of aliphatic hydroxyl groups excluding tert-OH is 1. The molecule has 320 valence electrons. The van der Waals surface area contributed by atoms with Gasteiger partial charge in [-0.05, 0) is 50.7 Å². The van der Waals surface area contributed by atoms with Crippen LogP contribution in [-0.4, -0.2) is 96.3 Å². The summed E-state index contributed by atoms with van der Waals surface area (Å²) in [5, 5.41) is 22.1. The molecule has 58 heavy (non-hydrogen) atoms. The van der Waals surface area contributed by atoms with E-state index in [0.717, 1.165) is 50.6 Å². The Kier molecular flexibility index (Phi) is 30.5. The summed E-state index contributed by atoms with van der Waals surface area (Å²) >= 11 is 0.958. The highest BCUT2D eigenvalue weighted by molar-refractivity contribution is 7.95. The van der Waals surface area contributed by atoms with Crippen molar-refractivity contribution in [3.8, 4) is 0 Å². The summed E-state index contributed by atoms with van der Waals surface area (Å²) in [5.41, 5.74) is 9.09. The Balaban J connectivity index is 0.00000320. The van der Waals surface area contributed by atoms with Gasteiger partial charge in [-0.15, -0.1) is 0 Å². The number of pyridine rings is 1. The van der Waals surface area contributed by atoms with Crippen molar-refractivity contribution >= 4 is 47.7 Å². The smallest absolute Gasteiger partial charge is 0.340 e. The third-order valence-corrected chi connectivity index (χ3v) is 8.00. The average Bonchev–Trinajstić information content (AvgIpc) is 3.19. The first-order valence-corrected chi connectivity index (χ1v) is 20.0. The van der Waals surface area contributed by atoms with E-state index in [1.54, 1.807) is 40.1 Å². The van der Waals surface area contributed by atoms with Crippen molar-refractivity contribution in [1.29, 1.82) is 5.41 Å². The van der Waals surface area contributed by atoms with Crippen LogP contribution in [0.4, 0.5) is 0 Å². The Bertz CT molecular complexity index is 1570. The number of hydrogen-bond donors (Lipinski definition) is 6. The SMILES string of the molecule is CC/C=C\C/C=C\C/C=C\C/C=C\C/C=C\C/C=C\CC(=O)OSCCNC(=O)CCNC(=O)[C@H](OC(=O)c1cccnc1)C(C)(C)CO.CN(C)C(=N)N=C(N)N. The number of ether oxygens (including phenoxy) is 1. The topological polar surface area (TPSA) is 235 Å². The number of guanidine groups is 2. The van der Waals surface area contributed by atoms with Crippen molar-refractivity contribution < 1.29 is 33.2 Å². The normalized spacial score (nSPS) is 12.2. The first-order valence-electron chi connectivity index (χ1n) is 19.1. The molecule has 0 aliphatic rings. The first-order chi connectivity index (χ1) is 27.7. The molecule has 1 rings (SSSR count). The van der Waals surface area contributed by atoms with Crippen LogP contribution in [0.5, 0.6) is 0 Å². The van der Waals surface area contributed by atoms with E-state index in [0.29, 0.717) is 5.75 Å². The minimum atomic E-state index is -1.28. The second-order valence-electron chi connectivity index (χ2n) is 13.2. The monoisotopic (exact) mass is 824 g/mol. The molecule has 0 radical (unpaired) electrons. The Morgan fingerprint density at radius 1 is 0.914 bits per heavy atom. The third-order valence-electron chi connectivity index (χ3n) is 7.33. The van der Waals surface area contributed by atoms with E-state index >= 15 is 0 Å². The molecule has 1 atom stereocenters. The van der Waals surface area contributed by atoms with Gasteiger partial charge in [-0.2, -0.15) is 4.99 Å². The predicted octanol–water partition coefficient (Wildman–Crippen LogP) is 5.28. The predicted molar refractivity (Wildman–Crippen MR) is 234 cm³/mol. The average molecular weight is 825 g/mol. The molecule has 0 bridgehead atoms. The van der Waals surface area contributed by atoms with E-state index in [-0.39, 0.29) is 55.3 Å². The van der Waals surface area contributed by atoms with E-state index in [1.807, 2.05) is 6.08 Å². The van der Waals surface area contributed by atoms with E-state index < -0.39 is 30.0 Å². The molecule has 16 heteroatoms. The van der Waals surface area contributed by atoms with E-state index in [9.17, 15) is 24.3 Å². The van der Waals surface area contributed by atoms with E-state index in [1.165, 1.54) is 23.4 Å². The summed E-state index contributed by atoms with van der Waals surface area (Å²) in [5.74, 6) is -1.73. The van der Waals surface area contributed by atoms with Gasteiger partial charge in [0, 0.05) is 57.2 Å². The van der Waals surface area contributed by atoms with E-state index in [2.05, 4.69) is 88.3 Å². The number of aliphatic imine (C=N–C) groups is 1. The van der Waals surface area contributed by atoms with Crippen molar-refractivity contribution in [2.45, 2.75) is 78.2 Å². The Labute approximate surface area is 348 Å². The minimum absolute atomic E-state index is 0.00119. The number of rotatable bonds is 25. The van der Waals surface area contributed by atoms with Crippen LogP contribution in [0.1, 0.15) is 82.5 Å². The lowest BCUT2D eigenvalue weighted by atomic mass is 9.86. The second-order valence-corrected chi connectivity index (χ2v) is 14.0. The number of esters is 1. The molecule has 0 aromatic carbocycles. The molecule has 0 saturated carbocycles. The van der Waals surface area contributed by atoms with Crippen molar-refractivity contribution in [3.63, 3.8) is 0 Å². The van der Waals surface area contributed by atoms with Gasteiger partial charge in [0.15, 0.2) is 12.1 Å². The number of nitrogens with zero attached hydrogens (tertiary/aromatic N) is 3. The quantitative estimate of drug-likeness (QED) is 0.0185. The van der Waals surface area contributed by atoms with Gasteiger partial charge in [0.05, 0.1) is 30.6 Å². The van der Waals surface area contributed by atoms with Gasteiger partial charge in [0.1, 0.15) is 0 Å². The van der Waals surface area contributed by atoms with Crippen LogP contribution in [0.25, 0.3) is 0 Å². The third kappa shape index (κ3) is 28.9. The number of aromatic nitrogens is 1. The van der Waals surface area contributed by atoms with Crippen LogP contribution in [-0.2, 0) is 23.3 Å². The highest BCUT2D eigenvalue weighted by Gasteiger charge is 2.38. The number of nitrogens with two attached hydrogens (primary N) is 2. The minimum Gasteiger partial charge on any atom is -0.448 e. The number of carbonyl (C=O) groups is 4. The molecule has 1 aromatic rings. The van der Waals surface area contributed by atoms with Crippen LogP contribution >= 0.6 is 12.0 Å². The standard InChI is InChI=1S/C38H53N3O7S.C4H11N5/c1-4-5-6-7-8-9-10-11-12-13-14-15-16-17-18-19-20-21-24-34(44)48-49-29-28-40-33(43)25-27-41-36(45)35(38(2,3)31-42)47-37(46)32-23-22-26-39-30-32;1-9(2)4(7)8-3(5)6/h5-6,8-9,11-12,14-15,17-18,20-23,26,30,35,42H,4,7,10,13,16,19,24-25,27-29,31H2,1-3H3,(H,40,43)(H,41,45);1-2H3,(H5,5,6,7,8)/b6-5-,9-8-,12-11-,15-14-,18-17-,21-20-;/t35-;/m0./s1. The molecule has 0 fully saturated rings. The number of hydrogen-bond acceptors (Lipinski definition) is 10. The highest BCUT2D eigenvalue weighted by atomic mass is 32.2. The lowest BCUT2D eigenvalue weighted by molar-refractivity contribution is -0.138. The summed E-state index contributed by atoms with van der Waals surface area (Å²) in [6, 6.07) is 3.07. The molecular weight excluding hydrogens is 761 g/mol. The fourth-order valence-corrected chi connectivity index (χ4v) is 4.56. The Morgan fingerprint density at radius 3 is 1.93 bits per heavy atom. The van der Waals surface area contributed by atoms with Crippen molar-refractivity contribution in [1.82, 2.24) is 20.5 Å². The zero-order chi connectivity index (χ0) is 43.4. The molecule has 2 amide bonds. The Hall–Kier alpha value is -5.48. The number of amides is 2. The second kappa shape index (κ2) is 33.6.